The molecule has 0 saturated carbocycles. The zero-order valence-electron chi connectivity index (χ0n) is 8.78. The van der Waals surface area contributed by atoms with Crippen LogP contribution in [0.3, 0.4) is 0 Å². The van der Waals surface area contributed by atoms with Gasteiger partial charge in [-0.15, -0.1) is 0 Å². The molecule has 0 spiro atoms. The Morgan fingerprint density at radius 2 is 2.07 bits per heavy atom. The van der Waals surface area contributed by atoms with E-state index in [1.807, 2.05) is 12.1 Å². The number of methoxy groups -OCH3 is 1. The lowest BCUT2D eigenvalue weighted by Gasteiger charge is -2.12. The second kappa shape index (κ2) is 5.16. The molecule has 2 unspecified atom stereocenters. The molecule has 0 aliphatic carbocycles. The maximum Gasteiger partial charge on any atom is 0.118 e. The van der Waals surface area contributed by atoms with Crippen LogP contribution in [0.25, 0.3) is 0 Å². The van der Waals surface area contributed by atoms with Gasteiger partial charge in [0.05, 0.1) is 19.3 Å². The minimum atomic E-state index is 0.288. The van der Waals surface area contributed by atoms with Crippen molar-refractivity contribution in [1.82, 2.24) is 0 Å². The van der Waals surface area contributed by atoms with Crippen LogP contribution in [0.15, 0.2) is 24.3 Å². The molecule has 1 heterocycles. The molecule has 0 radical (unpaired) electrons. The first-order valence-electron chi connectivity index (χ1n) is 5.19. The maximum atomic E-state index is 5.92. The first kappa shape index (κ1) is 11.2. The lowest BCUT2D eigenvalue weighted by atomic mass is 10.1. The van der Waals surface area contributed by atoms with Crippen LogP contribution in [0, 0.1) is 0 Å². The summed E-state index contributed by atoms with van der Waals surface area (Å²) in [6.45, 7) is 0. The van der Waals surface area contributed by atoms with Crippen molar-refractivity contribution in [2.45, 2.75) is 25.0 Å². The highest BCUT2D eigenvalue weighted by molar-refractivity contribution is 14.1. The van der Waals surface area contributed by atoms with Crippen molar-refractivity contribution in [1.29, 1.82) is 0 Å². The van der Waals surface area contributed by atoms with Gasteiger partial charge in [-0.3, -0.25) is 0 Å². The molecule has 1 aliphatic rings. The zero-order chi connectivity index (χ0) is 10.7. The number of hydrogen-bond acceptors (Lipinski definition) is 2. The van der Waals surface area contributed by atoms with Crippen molar-refractivity contribution in [3.63, 3.8) is 0 Å². The van der Waals surface area contributed by atoms with Crippen LogP contribution in [-0.4, -0.2) is 17.6 Å². The van der Waals surface area contributed by atoms with Crippen molar-refractivity contribution >= 4 is 22.6 Å². The smallest absolute Gasteiger partial charge is 0.118 e. The van der Waals surface area contributed by atoms with Crippen molar-refractivity contribution < 1.29 is 9.47 Å². The minimum absolute atomic E-state index is 0.288. The highest BCUT2D eigenvalue weighted by Gasteiger charge is 2.25. The van der Waals surface area contributed by atoms with Gasteiger partial charge in [-0.05, 0) is 30.5 Å². The third kappa shape index (κ3) is 2.64. The predicted octanol–water partition coefficient (Wildman–Crippen LogP) is 3.35. The molecule has 0 bridgehead atoms. The molecule has 82 valence electrons. The lowest BCUT2D eigenvalue weighted by Crippen LogP contribution is -2.07. The quantitative estimate of drug-likeness (QED) is 0.628. The van der Waals surface area contributed by atoms with E-state index in [2.05, 4.69) is 34.7 Å². The average molecular weight is 318 g/mol. The second-order valence-electron chi connectivity index (χ2n) is 3.75. The number of ether oxygens (including phenoxy) is 2. The number of benzene rings is 1. The van der Waals surface area contributed by atoms with Crippen molar-refractivity contribution in [3.05, 3.63) is 29.8 Å². The van der Waals surface area contributed by atoms with Crippen LogP contribution in [-0.2, 0) is 4.74 Å². The fraction of sp³-hybridized carbons (Fsp3) is 0.500. The van der Waals surface area contributed by atoms with Crippen LogP contribution >= 0.6 is 22.6 Å². The van der Waals surface area contributed by atoms with E-state index in [0.717, 1.165) is 16.6 Å². The molecule has 2 nitrogen and oxygen atoms in total. The van der Waals surface area contributed by atoms with E-state index < -0.39 is 0 Å². The standard InChI is InChI=1S/C12H15IO2/c1-14-10-4-2-9(3-5-10)12-7-6-11(8-13)15-12/h2-5,11-12H,6-8H2,1H3. The Kier molecular flexibility index (Phi) is 3.86. The van der Waals surface area contributed by atoms with Crippen molar-refractivity contribution in [2.75, 3.05) is 11.5 Å². The molecule has 2 atom stereocenters. The summed E-state index contributed by atoms with van der Waals surface area (Å²) in [6, 6.07) is 8.18. The van der Waals surface area contributed by atoms with E-state index in [4.69, 9.17) is 9.47 Å². The highest BCUT2D eigenvalue weighted by atomic mass is 127. The number of hydrogen-bond donors (Lipinski definition) is 0. The molecule has 2 rings (SSSR count). The van der Waals surface area contributed by atoms with Gasteiger partial charge in [0.2, 0.25) is 0 Å². The van der Waals surface area contributed by atoms with Gasteiger partial charge < -0.3 is 9.47 Å². The fourth-order valence-electron chi connectivity index (χ4n) is 1.88. The van der Waals surface area contributed by atoms with E-state index >= 15 is 0 Å². The summed E-state index contributed by atoms with van der Waals surface area (Å²) in [6.07, 6.45) is 3.05. The van der Waals surface area contributed by atoms with Crippen LogP contribution < -0.4 is 4.74 Å². The Balaban J connectivity index is 2.04. The van der Waals surface area contributed by atoms with Gasteiger partial charge in [0.25, 0.3) is 0 Å². The summed E-state index contributed by atoms with van der Waals surface area (Å²) in [5.41, 5.74) is 1.27. The second-order valence-corrected chi connectivity index (χ2v) is 4.63. The first-order valence-corrected chi connectivity index (χ1v) is 6.71. The minimum Gasteiger partial charge on any atom is -0.497 e. The molecule has 0 amide bonds. The first-order chi connectivity index (χ1) is 7.33. The summed E-state index contributed by atoms with van der Waals surface area (Å²) in [5.74, 6) is 0.905. The largest absolute Gasteiger partial charge is 0.497 e. The van der Waals surface area contributed by atoms with Gasteiger partial charge in [-0.2, -0.15) is 0 Å². The molecule has 1 aliphatic heterocycles. The number of alkyl halides is 1. The Morgan fingerprint density at radius 1 is 1.33 bits per heavy atom. The van der Waals surface area contributed by atoms with Crippen LogP contribution in [0.1, 0.15) is 24.5 Å². The highest BCUT2D eigenvalue weighted by Crippen LogP contribution is 2.33. The molecule has 1 saturated heterocycles. The van der Waals surface area contributed by atoms with Gasteiger partial charge in [0, 0.05) is 4.43 Å². The van der Waals surface area contributed by atoms with Crippen LogP contribution in [0.5, 0.6) is 5.75 Å². The van der Waals surface area contributed by atoms with Gasteiger partial charge in [0.1, 0.15) is 5.75 Å². The summed E-state index contributed by atoms with van der Waals surface area (Å²) >= 11 is 2.39. The monoisotopic (exact) mass is 318 g/mol. The molecule has 0 aromatic heterocycles. The molecule has 1 aromatic rings. The molecule has 1 aromatic carbocycles. The molecule has 15 heavy (non-hydrogen) atoms. The van der Waals surface area contributed by atoms with Gasteiger partial charge in [0.15, 0.2) is 0 Å². The lowest BCUT2D eigenvalue weighted by molar-refractivity contribution is 0.0597. The third-order valence-corrected chi connectivity index (χ3v) is 3.75. The van der Waals surface area contributed by atoms with Gasteiger partial charge in [-0.1, -0.05) is 34.7 Å². The maximum absolute atomic E-state index is 5.92. The van der Waals surface area contributed by atoms with E-state index in [-0.39, 0.29) is 6.10 Å². The molecular weight excluding hydrogens is 303 g/mol. The molecule has 3 heteroatoms. The SMILES string of the molecule is COc1ccc(C2CCC(CI)O2)cc1. The van der Waals surface area contributed by atoms with E-state index in [9.17, 15) is 0 Å². The predicted molar refractivity (Wildman–Crippen MR) is 68.7 cm³/mol. The number of halogens is 1. The summed E-state index contributed by atoms with van der Waals surface area (Å²) < 4.78 is 12.1. The van der Waals surface area contributed by atoms with Gasteiger partial charge in [-0.25, -0.2) is 0 Å². The Hall–Kier alpha value is -0.290. The average Bonchev–Trinajstić information content (AvgIpc) is 2.78. The van der Waals surface area contributed by atoms with Crippen molar-refractivity contribution in [2.24, 2.45) is 0 Å². The fourth-order valence-corrected chi connectivity index (χ4v) is 2.53. The Morgan fingerprint density at radius 3 is 2.60 bits per heavy atom. The summed E-state index contributed by atoms with van der Waals surface area (Å²) in [4.78, 5) is 0. The Bertz CT molecular complexity index is 310. The third-order valence-electron chi connectivity index (χ3n) is 2.77. The number of rotatable bonds is 3. The van der Waals surface area contributed by atoms with Crippen molar-refractivity contribution in [3.8, 4) is 5.75 Å². The molecular formula is C12H15IO2. The van der Waals surface area contributed by atoms with Crippen LogP contribution in [0.4, 0.5) is 0 Å². The van der Waals surface area contributed by atoms with Gasteiger partial charge >= 0.3 is 0 Å². The normalized spacial score (nSPS) is 25.5. The Labute approximate surface area is 104 Å². The zero-order valence-corrected chi connectivity index (χ0v) is 10.9. The van der Waals surface area contributed by atoms with E-state index in [1.165, 1.54) is 12.0 Å². The summed E-state index contributed by atoms with van der Waals surface area (Å²) in [7, 11) is 1.69. The van der Waals surface area contributed by atoms with Crippen LogP contribution in [0.2, 0.25) is 0 Å². The molecule has 0 N–H and O–H groups in total. The van der Waals surface area contributed by atoms with E-state index in [1.54, 1.807) is 7.11 Å². The molecule has 1 fully saturated rings. The topological polar surface area (TPSA) is 18.5 Å². The summed E-state index contributed by atoms with van der Waals surface area (Å²) in [5, 5.41) is 0. The van der Waals surface area contributed by atoms with E-state index in [0.29, 0.717) is 6.10 Å².